The largest absolute Gasteiger partial charge is 0.497 e. The lowest BCUT2D eigenvalue weighted by Gasteiger charge is -2.06. The van der Waals surface area contributed by atoms with E-state index in [-0.39, 0.29) is 5.82 Å². The summed E-state index contributed by atoms with van der Waals surface area (Å²) in [4.78, 5) is 17.3. The number of carbonyl (C=O) groups is 1. The summed E-state index contributed by atoms with van der Waals surface area (Å²) in [5.41, 5.74) is 2.13. The minimum Gasteiger partial charge on any atom is -0.497 e. The highest BCUT2D eigenvalue weighted by Gasteiger charge is 2.19. The molecule has 1 aromatic heterocycles. The lowest BCUT2D eigenvalue weighted by molar-refractivity contribution is 0.101. The molecule has 0 atom stereocenters. The summed E-state index contributed by atoms with van der Waals surface area (Å²) < 4.78 is 7.70. The van der Waals surface area contributed by atoms with E-state index in [4.69, 9.17) is 16.3 Å². The summed E-state index contributed by atoms with van der Waals surface area (Å²) in [7, 11) is 1.59. The normalized spacial score (nSPS) is 10.6. The van der Waals surface area contributed by atoms with Crippen molar-refractivity contribution in [3.8, 4) is 22.8 Å². The fraction of sp³-hybridized carbons (Fsp3) is 0.0455. The third-order valence-electron chi connectivity index (χ3n) is 4.31. The number of hydrogen-bond donors (Lipinski definition) is 1. The fourth-order valence-corrected chi connectivity index (χ4v) is 3.30. The number of halogens is 2. The summed E-state index contributed by atoms with van der Waals surface area (Å²) in [5, 5.41) is 7.83. The van der Waals surface area contributed by atoms with Gasteiger partial charge in [0.1, 0.15) is 5.75 Å². The molecule has 4 rings (SSSR count). The molecule has 0 saturated heterocycles. The molecular formula is C22H16BrClN4O2. The highest BCUT2D eigenvalue weighted by Crippen LogP contribution is 2.25. The Labute approximate surface area is 186 Å². The van der Waals surface area contributed by atoms with Crippen molar-refractivity contribution in [2.24, 2.45) is 0 Å². The molecular weight excluding hydrogens is 468 g/mol. The monoisotopic (exact) mass is 482 g/mol. The minimum absolute atomic E-state index is 0.0451. The van der Waals surface area contributed by atoms with E-state index in [2.05, 4.69) is 31.3 Å². The fourth-order valence-electron chi connectivity index (χ4n) is 2.85. The Hall–Kier alpha value is -3.16. The van der Waals surface area contributed by atoms with Crippen LogP contribution in [0.25, 0.3) is 17.1 Å². The van der Waals surface area contributed by atoms with E-state index in [1.807, 2.05) is 36.4 Å². The molecule has 8 heteroatoms. The Morgan fingerprint density at radius 2 is 1.80 bits per heavy atom. The number of ether oxygens (including phenoxy) is 1. The number of hydrogen-bond acceptors (Lipinski definition) is 4. The van der Waals surface area contributed by atoms with Crippen molar-refractivity contribution in [3.05, 3.63) is 88.1 Å². The molecule has 0 aliphatic heterocycles. The van der Waals surface area contributed by atoms with Crippen molar-refractivity contribution in [2.45, 2.75) is 0 Å². The average Bonchev–Trinajstić information content (AvgIpc) is 3.20. The van der Waals surface area contributed by atoms with Crippen molar-refractivity contribution < 1.29 is 9.53 Å². The van der Waals surface area contributed by atoms with Gasteiger partial charge < -0.3 is 10.1 Å². The molecule has 0 bridgehead atoms. The number of nitrogens with zero attached hydrogens (tertiary/aromatic N) is 3. The Morgan fingerprint density at radius 3 is 2.47 bits per heavy atom. The highest BCUT2D eigenvalue weighted by molar-refractivity contribution is 9.10. The molecule has 1 N–H and O–H groups in total. The van der Waals surface area contributed by atoms with Crippen molar-refractivity contribution in [1.29, 1.82) is 0 Å². The van der Waals surface area contributed by atoms with Gasteiger partial charge in [0.15, 0.2) is 5.82 Å². The van der Waals surface area contributed by atoms with Crippen LogP contribution in [0.2, 0.25) is 5.02 Å². The second-order valence-electron chi connectivity index (χ2n) is 6.34. The van der Waals surface area contributed by atoms with Gasteiger partial charge in [0, 0.05) is 20.7 Å². The predicted octanol–water partition coefficient (Wildman–Crippen LogP) is 5.61. The van der Waals surface area contributed by atoms with Gasteiger partial charge in [-0.2, -0.15) is 0 Å². The summed E-state index contributed by atoms with van der Waals surface area (Å²) in [6.45, 7) is 0. The van der Waals surface area contributed by atoms with Gasteiger partial charge in [-0.05, 0) is 60.7 Å². The van der Waals surface area contributed by atoms with Crippen LogP contribution in [-0.4, -0.2) is 27.8 Å². The van der Waals surface area contributed by atoms with Crippen LogP contribution in [0, 0.1) is 0 Å². The molecule has 0 radical (unpaired) electrons. The SMILES string of the molecule is COc1ccc(NC(=O)c2nc(-c3cccc(Cl)c3)n(-c3ccc(Br)cc3)n2)cc1. The number of carbonyl (C=O) groups excluding carboxylic acids is 1. The molecule has 0 aliphatic carbocycles. The maximum absolute atomic E-state index is 12.8. The highest BCUT2D eigenvalue weighted by atomic mass is 79.9. The molecule has 0 saturated carbocycles. The molecule has 4 aromatic rings. The summed E-state index contributed by atoms with van der Waals surface area (Å²) in [6.07, 6.45) is 0. The van der Waals surface area contributed by atoms with Gasteiger partial charge in [-0.25, -0.2) is 9.67 Å². The van der Waals surface area contributed by atoms with E-state index >= 15 is 0 Å². The van der Waals surface area contributed by atoms with E-state index in [0.717, 1.165) is 15.7 Å². The van der Waals surface area contributed by atoms with Crippen LogP contribution in [0.15, 0.2) is 77.3 Å². The van der Waals surface area contributed by atoms with Crippen molar-refractivity contribution in [1.82, 2.24) is 14.8 Å². The number of aromatic nitrogens is 3. The van der Waals surface area contributed by atoms with Crippen molar-refractivity contribution in [3.63, 3.8) is 0 Å². The van der Waals surface area contributed by atoms with Crippen LogP contribution in [0.5, 0.6) is 5.75 Å². The number of anilines is 1. The quantitative estimate of drug-likeness (QED) is 0.400. The number of nitrogens with one attached hydrogen (secondary N) is 1. The van der Waals surface area contributed by atoms with E-state index in [9.17, 15) is 4.79 Å². The lowest BCUT2D eigenvalue weighted by atomic mass is 10.2. The third kappa shape index (κ3) is 4.37. The maximum atomic E-state index is 12.8. The van der Waals surface area contributed by atoms with Crippen LogP contribution in [0.3, 0.4) is 0 Å². The van der Waals surface area contributed by atoms with E-state index in [1.54, 1.807) is 48.2 Å². The van der Waals surface area contributed by atoms with E-state index in [1.165, 1.54) is 0 Å². The molecule has 150 valence electrons. The first-order valence-electron chi connectivity index (χ1n) is 8.98. The van der Waals surface area contributed by atoms with Gasteiger partial charge in [0.05, 0.1) is 12.8 Å². The summed E-state index contributed by atoms with van der Waals surface area (Å²) in [5.74, 6) is 0.844. The maximum Gasteiger partial charge on any atom is 0.295 e. The third-order valence-corrected chi connectivity index (χ3v) is 5.08. The second-order valence-corrected chi connectivity index (χ2v) is 7.69. The van der Waals surface area contributed by atoms with Crippen molar-refractivity contribution >= 4 is 39.1 Å². The molecule has 30 heavy (non-hydrogen) atoms. The number of benzene rings is 3. The van der Waals surface area contributed by atoms with Gasteiger partial charge in [-0.1, -0.05) is 39.7 Å². The molecule has 1 amide bonds. The molecule has 0 unspecified atom stereocenters. The van der Waals surface area contributed by atoms with Crippen LogP contribution in [-0.2, 0) is 0 Å². The van der Waals surface area contributed by atoms with Crippen LogP contribution in [0.1, 0.15) is 10.6 Å². The van der Waals surface area contributed by atoms with Gasteiger partial charge in [-0.15, -0.1) is 5.10 Å². The van der Waals surface area contributed by atoms with Crippen molar-refractivity contribution in [2.75, 3.05) is 12.4 Å². The molecule has 1 heterocycles. The zero-order valence-corrected chi connectivity index (χ0v) is 18.2. The summed E-state index contributed by atoms with van der Waals surface area (Å²) in [6, 6.07) is 21.9. The van der Waals surface area contributed by atoms with E-state index in [0.29, 0.717) is 22.3 Å². The van der Waals surface area contributed by atoms with Crippen LogP contribution in [0.4, 0.5) is 5.69 Å². The van der Waals surface area contributed by atoms with Gasteiger partial charge in [-0.3, -0.25) is 4.79 Å². The van der Waals surface area contributed by atoms with Crippen LogP contribution < -0.4 is 10.1 Å². The lowest BCUT2D eigenvalue weighted by Crippen LogP contribution is -2.14. The van der Waals surface area contributed by atoms with Gasteiger partial charge in [0.2, 0.25) is 5.82 Å². The summed E-state index contributed by atoms with van der Waals surface area (Å²) >= 11 is 9.59. The first-order chi connectivity index (χ1) is 14.5. The average molecular weight is 484 g/mol. The number of rotatable bonds is 5. The minimum atomic E-state index is -0.417. The topological polar surface area (TPSA) is 69.0 Å². The van der Waals surface area contributed by atoms with Crippen LogP contribution >= 0.6 is 27.5 Å². The Morgan fingerprint density at radius 1 is 1.07 bits per heavy atom. The molecule has 0 fully saturated rings. The predicted molar refractivity (Wildman–Crippen MR) is 120 cm³/mol. The zero-order valence-electron chi connectivity index (χ0n) is 15.8. The smallest absolute Gasteiger partial charge is 0.295 e. The number of methoxy groups -OCH3 is 1. The van der Waals surface area contributed by atoms with Gasteiger partial charge in [0.25, 0.3) is 5.91 Å². The number of amides is 1. The standard InChI is InChI=1S/C22H16BrClN4O2/c1-30-19-11-7-17(8-12-19)25-22(29)20-26-21(14-3-2-4-16(24)13-14)28(27-20)18-9-5-15(23)6-10-18/h2-13H,1H3,(H,25,29). The second kappa shape index (κ2) is 8.69. The van der Waals surface area contributed by atoms with Gasteiger partial charge >= 0.3 is 0 Å². The first kappa shape index (κ1) is 20.1. The Balaban J connectivity index is 1.72. The molecule has 0 aliphatic rings. The first-order valence-corrected chi connectivity index (χ1v) is 10.1. The Bertz CT molecular complexity index is 1190. The Kier molecular flexibility index (Phi) is 5.83. The molecule has 3 aromatic carbocycles. The molecule has 6 nitrogen and oxygen atoms in total. The van der Waals surface area contributed by atoms with E-state index < -0.39 is 5.91 Å². The molecule has 0 spiro atoms. The zero-order chi connectivity index (χ0) is 21.1.